The number of thiophene rings is 1. The van der Waals surface area contributed by atoms with Crippen molar-refractivity contribution in [2.45, 2.75) is 6.42 Å². The molecule has 0 atom stereocenters. The van der Waals surface area contributed by atoms with Gasteiger partial charge in [0.15, 0.2) is 0 Å². The topological polar surface area (TPSA) is 92.4 Å². The van der Waals surface area contributed by atoms with E-state index in [4.69, 9.17) is 5.11 Å². The van der Waals surface area contributed by atoms with E-state index in [0.717, 1.165) is 10.1 Å². The van der Waals surface area contributed by atoms with Crippen molar-refractivity contribution in [1.29, 1.82) is 0 Å². The van der Waals surface area contributed by atoms with Crippen LogP contribution in [0, 0.1) is 0 Å². The van der Waals surface area contributed by atoms with Gasteiger partial charge in [0.25, 0.3) is 0 Å². The molecule has 0 saturated carbocycles. The average Bonchev–Trinajstić information content (AvgIpc) is 3.06. The van der Waals surface area contributed by atoms with Crippen molar-refractivity contribution in [3.63, 3.8) is 0 Å². The van der Waals surface area contributed by atoms with Gasteiger partial charge in [0, 0.05) is 16.5 Å². The van der Waals surface area contributed by atoms with Crippen molar-refractivity contribution in [3.05, 3.63) is 47.2 Å². The average molecular weight is 302 g/mol. The number of nitrogens with zero attached hydrogens (tertiary/aromatic N) is 1. The van der Waals surface area contributed by atoms with Crippen LogP contribution in [0.25, 0.3) is 10.1 Å². The molecular weight excluding hydrogens is 292 g/mol. The molecule has 1 amide bonds. The van der Waals surface area contributed by atoms with E-state index >= 15 is 0 Å². The molecule has 0 spiro atoms. The largest absolute Gasteiger partial charge is 0.477 e. The van der Waals surface area contributed by atoms with Crippen molar-refractivity contribution in [2.24, 2.45) is 0 Å². The Labute approximate surface area is 123 Å². The first-order chi connectivity index (χ1) is 10.1. The summed E-state index contributed by atoms with van der Waals surface area (Å²) in [6.45, 7) is 0. The fourth-order valence-electron chi connectivity index (χ4n) is 1.92. The summed E-state index contributed by atoms with van der Waals surface area (Å²) in [6, 6.07) is 8.50. The highest BCUT2D eigenvalue weighted by molar-refractivity contribution is 7.20. The van der Waals surface area contributed by atoms with E-state index in [1.807, 2.05) is 0 Å². The lowest BCUT2D eigenvalue weighted by Gasteiger charge is -2.03. The lowest BCUT2D eigenvalue weighted by molar-refractivity contribution is -0.115. The van der Waals surface area contributed by atoms with Crippen molar-refractivity contribution in [2.75, 3.05) is 5.32 Å². The Morgan fingerprint density at radius 3 is 2.86 bits per heavy atom. The van der Waals surface area contributed by atoms with Crippen molar-refractivity contribution >= 4 is 39.0 Å². The molecule has 3 aromatic rings. The number of rotatable bonds is 4. The second kappa shape index (κ2) is 5.37. The van der Waals surface area contributed by atoms with Gasteiger partial charge in [-0.3, -0.25) is 4.79 Å². The quantitative estimate of drug-likeness (QED) is 0.773. The molecule has 0 aliphatic carbocycles. The van der Waals surface area contributed by atoms with Crippen LogP contribution >= 0.6 is 11.3 Å². The smallest absolute Gasteiger partial charge is 0.345 e. The fraction of sp³-hybridized carbons (Fsp3) is 0.0714. The van der Waals surface area contributed by atoms with Crippen LogP contribution in [0.4, 0.5) is 5.69 Å². The second-order valence-corrected chi connectivity index (χ2v) is 5.47. The third-order valence-electron chi connectivity index (χ3n) is 2.84. The Bertz CT molecular complexity index is 808. The molecule has 0 saturated heterocycles. The number of carboxylic acid groups (broad SMARTS) is 1. The van der Waals surface area contributed by atoms with Crippen molar-refractivity contribution in [1.82, 2.24) is 5.16 Å². The Morgan fingerprint density at radius 1 is 1.29 bits per heavy atom. The lowest BCUT2D eigenvalue weighted by Crippen LogP contribution is -2.14. The molecule has 106 valence electrons. The number of fused-ring (bicyclic) bond motifs is 1. The summed E-state index contributed by atoms with van der Waals surface area (Å²) in [5, 5.41) is 16.2. The zero-order valence-electron chi connectivity index (χ0n) is 10.7. The molecule has 0 bridgehead atoms. The summed E-state index contributed by atoms with van der Waals surface area (Å²) < 4.78 is 5.53. The number of hydrogen-bond acceptors (Lipinski definition) is 5. The minimum atomic E-state index is -0.951. The highest BCUT2D eigenvalue weighted by Crippen LogP contribution is 2.28. The number of amides is 1. The Balaban J connectivity index is 1.77. The van der Waals surface area contributed by atoms with Gasteiger partial charge in [0.2, 0.25) is 5.91 Å². The van der Waals surface area contributed by atoms with Gasteiger partial charge in [-0.1, -0.05) is 5.16 Å². The van der Waals surface area contributed by atoms with Gasteiger partial charge < -0.3 is 14.9 Å². The highest BCUT2D eigenvalue weighted by Gasteiger charge is 2.10. The van der Waals surface area contributed by atoms with Gasteiger partial charge in [-0.25, -0.2) is 4.79 Å². The number of hydrogen-bond donors (Lipinski definition) is 2. The van der Waals surface area contributed by atoms with E-state index in [-0.39, 0.29) is 17.2 Å². The van der Waals surface area contributed by atoms with Crippen LogP contribution in [0.5, 0.6) is 0 Å². The summed E-state index contributed by atoms with van der Waals surface area (Å²) >= 11 is 1.20. The first-order valence-electron chi connectivity index (χ1n) is 6.08. The third-order valence-corrected chi connectivity index (χ3v) is 3.95. The SMILES string of the molecule is O=C(Cc1ccon1)Nc1ccc2sc(C(=O)O)cc2c1. The normalized spacial score (nSPS) is 10.7. The molecule has 6 nitrogen and oxygen atoms in total. The highest BCUT2D eigenvalue weighted by atomic mass is 32.1. The fourth-order valence-corrected chi connectivity index (χ4v) is 2.81. The monoisotopic (exact) mass is 302 g/mol. The van der Waals surface area contributed by atoms with Gasteiger partial charge in [-0.15, -0.1) is 11.3 Å². The van der Waals surface area contributed by atoms with Crippen LogP contribution in [0.15, 0.2) is 41.1 Å². The minimum absolute atomic E-state index is 0.124. The van der Waals surface area contributed by atoms with Crippen LogP contribution < -0.4 is 5.32 Å². The molecule has 2 heterocycles. The van der Waals surface area contributed by atoms with E-state index < -0.39 is 5.97 Å². The second-order valence-electron chi connectivity index (χ2n) is 4.38. The minimum Gasteiger partial charge on any atom is -0.477 e. The van der Waals surface area contributed by atoms with E-state index in [2.05, 4.69) is 15.0 Å². The molecule has 0 unspecified atom stereocenters. The maximum atomic E-state index is 11.8. The molecule has 1 aromatic carbocycles. The van der Waals surface area contributed by atoms with Gasteiger partial charge in [0.1, 0.15) is 11.1 Å². The maximum Gasteiger partial charge on any atom is 0.345 e. The standard InChI is InChI=1S/C14H10N2O4S/c17-13(7-10-3-4-20-16-10)15-9-1-2-11-8(5-9)6-12(21-11)14(18)19/h1-6H,7H2,(H,15,17)(H,18,19). The number of aromatic nitrogens is 1. The molecule has 0 aliphatic heterocycles. The van der Waals surface area contributed by atoms with Crippen LogP contribution in [-0.4, -0.2) is 22.1 Å². The lowest BCUT2D eigenvalue weighted by atomic mass is 10.2. The molecule has 0 fully saturated rings. The first-order valence-corrected chi connectivity index (χ1v) is 6.89. The number of aromatic carboxylic acids is 1. The predicted molar refractivity (Wildman–Crippen MR) is 77.6 cm³/mol. The summed E-state index contributed by atoms with van der Waals surface area (Å²) in [5.41, 5.74) is 1.17. The molecule has 0 radical (unpaired) electrons. The number of carboxylic acids is 1. The molecule has 2 N–H and O–H groups in total. The third kappa shape index (κ3) is 2.92. The summed E-state index contributed by atoms with van der Waals surface area (Å²) in [4.78, 5) is 23.1. The number of carbonyl (C=O) groups is 2. The van der Waals surface area contributed by atoms with Crippen molar-refractivity contribution < 1.29 is 19.2 Å². The van der Waals surface area contributed by atoms with Gasteiger partial charge >= 0.3 is 5.97 Å². The van der Waals surface area contributed by atoms with Crippen LogP contribution in [0.2, 0.25) is 0 Å². The predicted octanol–water partition coefficient (Wildman–Crippen LogP) is 2.77. The first kappa shape index (κ1) is 13.3. The molecule has 0 aliphatic rings. The van der Waals surface area contributed by atoms with Gasteiger partial charge in [0.05, 0.1) is 12.1 Å². The molecular formula is C14H10N2O4S. The van der Waals surface area contributed by atoms with E-state index in [0.29, 0.717) is 11.4 Å². The van der Waals surface area contributed by atoms with Crippen LogP contribution in [0.1, 0.15) is 15.4 Å². The summed E-state index contributed by atoms with van der Waals surface area (Å²) in [7, 11) is 0. The van der Waals surface area contributed by atoms with Crippen LogP contribution in [0.3, 0.4) is 0 Å². The molecule has 21 heavy (non-hydrogen) atoms. The Hall–Kier alpha value is -2.67. The number of anilines is 1. The molecule has 3 rings (SSSR count). The Morgan fingerprint density at radius 2 is 2.14 bits per heavy atom. The maximum absolute atomic E-state index is 11.8. The number of benzene rings is 1. The zero-order chi connectivity index (χ0) is 14.8. The van der Waals surface area contributed by atoms with E-state index in [1.165, 1.54) is 17.6 Å². The van der Waals surface area contributed by atoms with Crippen LogP contribution in [-0.2, 0) is 11.2 Å². The number of nitrogens with one attached hydrogen (secondary N) is 1. The molecule has 2 aromatic heterocycles. The van der Waals surface area contributed by atoms with Crippen molar-refractivity contribution in [3.8, 4) is 0 Å². The number of carbonyl (C=O) groups excluding carboxylic acids is 1. The van der Waals surface area contributed by atoms with Gasteiger partial charge in [-0.05, 0) is 29.7 Å². The summed E-state index contributed by atoms with van der Waals surface area (Å²) in [5.74, 6) is -1.16. The van der Waals surface area contributed by atoms with E-state index in [9.17, 15) is 9.59 Å². The zero-order valence-corrected chi connectivity index (χ0v) is 11.5. The summed E-state index contributed by atoms with van der Waals surface area (Å²) in [6.07, 6.45) is 1.53. The molecule has 7 heteroatoms. The Kier molecular flexibility index (Phi) is 3.41. The van der Waals surface area contributed by atoms with Gasteiger partial charge in [-0.2, -0.15) is 0 Å². The van der Waals surface area contributed by atoms with E-state index in [1.54, 1.807) is 30.3 Å².